The smallest absolute Gasteiger partial charge is 0.154 e. The van der Waals surface area contributed by atoms with Crippen LogP contribution in [0.5, 0.6) is 5.75 Å². The Labute approximate surface area is 234 Å². The lowest BCUT2D eigenvalue weighted by Crippen LogP contribution is -2.27. The number of hydrogen-bond donors (Lipinski definition) is 2. The fourth-order valence-electron chi connectivity index (χ4n) is 7.22. The van der Waals surface area contributed by atoms with Crippen molar-refractivity contribution in [2.45, 2.75) is 110 Å². The fraction of sp³-hybridized carbons (Fsp3) is 0.618. The van der Waals surface area contributed by atoms with E-state index in [0.717, 1.165) is 75.7 Å². The first kappa shape index (κ1) is 28.2. The number of nitrogens with zero attached hydrogens (tertiary/aromatic N) is 1. The van der Waals surface area contributed by atoms with Crippen molar-refractivity contribution in [2.75, 3.05) is 6.61 Å². The second-order valence-corrected chi connectivity index (χ2v) is 12.4. The van der Waals surface area contributed by atoms with E-state index in [2.05, 4.69) is 69.2 Å². The van der Waals surface area contributed by atoms with Crippen molar-refractivity contribution in [3.8, 4) is 16.9 Å². The number of ether oxygens (including phenoxy) is 1. The van der Waals surface area contributed by atoms with Crippen LogP contribution in [0.2, 0.25) is 0 Å². The molecule has 2 aliphatic carbocycles. The number of aryl methyl sites for hydroxylation is 1. The quantitative estimate of drug-likeness (QED) is 0.312. The van der Waals surface area contributed by atoms with E-state index in [0.29, 0.717) is 24.4 Å². The second-order valence-electron chi connectivity index (χ2n) is 12.4. The summed E-state index contributed by atoms with van der Waals surface area (Å²) >= 11 is 0. The van der Waals surface area contributed by atoms with Crippen molar-refractivity contribution in [1.29, 1.82) is 0 Å². The number of hydrogen-bond acceptors (Lipinski definition) is 5. The van der Waals surface area contributed by atoms with Crippen LogP contribution in [0.1, 0.15) is 102 Å². The minimum absolute atomic E-state index is 0.0302. The molecule has 0 aromatic heterocycles. The molecule has 1 spiro atoms. The molecular formula is C34H47NO4. The summed E-state index contributed by atoms with van der Waals surface area (Å²) < 4.78 is 6.30. The summed E-state index contributed by atoms with van der Waals surface area (Å²) in [7, 11) is 0. The van der Waals surface area contributed by atoms with Crippen molar-refractivity contribution < 1.29 is 19.8 Å². The Balaban J connectivity index is 1.32. The molecule has 5 unspecified atom stereocenters. The molecular weight excluding hydrogens is 486 g/mol. The molecule has 2 saturated carbocycles. The van der Waals surface area contributed by atoms with Crippen molar-refractivity contribution >= 4 is 5.71 Å². The minimum atomic E-state index is -1.22. The van der Waals surface area contributed by atoms with Gasteiger partial charge in [-0.3, -0.25) is 0 Å². The fourth-order valence-corrected chi connectivity index (χ4v) is 7.22. The van der Waals surface area contributed by atoms with Gasteiger partial charge in [0.25, 0.3) is 0 Å². The molecule has 5 heteroatoms. The largest absolute Gasteiger partial charge is 0.493 e. The Hall–Kier alpha value is -2.37. The Morgan fingerprint density at radius 3 is 2.51 bits per heavy atom. The molecule has 2 fully saturated rings. The highest BCUT2D eigenvalue weighted by molar-refractivity contribution is 5.88. The number of rotatable bonds is 10. The van der Waals surface area contributed by atoms with Gasteiger partial charge >= 0.3 is 0 Å². The van der Waals surface area contributed by atoms with Crippen LogP contribution < -0.4 is 4.74 Å². The first-order valence-electron chi connectivity index (χ1n) is 15.3. The predicted octanol–water partition coefficient (Wildman–Crippen LogP) is 7.41. The Kier molecular flexibility index (Phi) is 8.68. The van der Waals surface area contributed by atoms with Gasteiger partial charge in [-0.15, -0.1) is 0 Å². The maximum Gasteiger partial charge on any atom is 0.154 e. The molecule has 0 amide bonds. The average molecular weight is 534 g/mol. The number of aliphatic hydroxyl groups excluding tert-OH is 1. The zero-order chi connectivity index (χ0) is 27.6. The van der Waals surface area contributed by atoms with Gasteiger partial charge in [-0.05, 0) is 105 Å². The van der Waals surface area contributed by atoms with Gasteiger partial charge in [0, 0.05) is 23.8 Å². The highest BCUT2D eigenvalue weighted by Crippen LogP contribution is 2.48. The van der Waals surface area contributed by atoms with Crippen LogP contribution in [-0.2, 0) is 17.7 Å². The van der Waals surface area contributed by atoms with Gasteiger partial charge in [0.1, 0.15) is 11.4 Å². The SMILES string of the molecule is CCOc1cc(CC2CCC3(CC(C4CCC(C(O)O)C4)=NO3)C2)cc(C(C)CC)c1-c1ccc(CC)cc1. The van der Waals surface area contributed by atoms with E-state index in [1.807, 2.05) is 0 Å². The van der Waals surface area contributed by atoms with E-state index >= 15 is 0 Å². The summed E-state index contributed by atoms with van der Waals surface area (Å²) in [5, 5.41) is 23.8. The van der Waals surface area contributed by atoms with Crippen molar-refractivity contribution in [3.05, 3.63) is 53.1 Å². The zero-order valence-corrected chi connectivity index (χ0v) is 24.3. The van der Waals surface area contributed by atoms with Crippen LogP contribution >= 0.6 is 0 Å². The van der Waals surface area contributed by atoms with Crippen LogP contribution in [0.3, 0.4) is 0 Å². The standard InChI is InChI=1S/C34H47NO4/c1-5-22(4)29-17-25(18-31(38-7-3)32(29)26-10-8-23(6-2)9-11-26)16-24-14-15-34(20-24)21-30(35-39-34)27-12-13-28(19-27)33(36)37/h8-11,17-18,22,24,27-28,33,36-37H,5-7,12-16,19-21H2,1-4H3. The molecule has 0 saturated heterocycles. The highest BCUT2D eigenvalue weighted by atomic mass is 16.7. The third-order valence-corrected chi connectivity index (χ3v) is 9.71. The molecule has 5 rings (SSSR count). The zero-order valence-electron chi connectivity index (χ0n) is 24.3. The summed E-state index contributed by atoms with van der Waals surface area (Å²) in [6, 6.07) is 13.7. The molecule has 2 N–H and O–H groups in total. The van der Waals surface area contributed by atoms with E-state index in [1.165, 1.54) is 27.8 Å². The van der Waals surface area contributed by atoms with Crippen molar-refractivity contribution in [1.82, 2.24) is 0 Å². The molecule has 3 aliphatic rings. The molecule has 2 aromatic rings. The molecule has 2 aromatic carbocycles. The summed E-state index contributed by atoms with van der Waals surface area (Å²) in [5.41, 5.74) is 7.58. The van der Waals surface area contributed by atoms with Gasteiger partial charge in [0.05, 0.1) is 12.3 Å². The van der Waals surface area contributed by atoms with E-state index in [-0.39, 0.29) is 11.5 Å². The van der Waals surface area contributed by atoms with Crippen molar-refractivity contribution in [2.24, 2.45) is 22.9 Å². The molecule has 5 nitrogen and oxygen atoms in total. The van der Waals surface area contributed by atoms with E-state index in [4.69, 9.17) is 9.57 Å². The lowest BCUT2D eigenvalue weighted by atomic mass is 9.85. The second kappa shape index (κ2) is 12.0. The average Bonchev–Trinajstić information content (AvgIpc) is 3.69. The molecule has 1 aliphatic heterocycles. The first-order valence-corrected chi connectivity index (χ1v) is 15.3. The monoisotopic (exact) mass is 533 g/mol. The number of aliphatic hydroxyl groups is 2. The van der Waals surface area contributed by atoms with Crippen LogP contribution in [0.25, 0.3) is 11.1 Å². The summed E-state index contributed by atoms with van der Waals surface area (Å²) in [5.74, 6) is 2.32. The van der Waals surface area contributed by atoms with Crippen LogP contribution in [0.4, 0.5) is 0 Å². The highest BCUT2D eigenvalue weighted by Gasteiger charge is 2.48. The molecule has 39 heavy (non-hydrogen) atoms. The molecule has 5 atom stereocenters. The third kappa shape index (κ3) is 6.05. The minimum Gasteiger partial charge on any atom is -0.493 e. The van der Waals surface area contributed by atoms with Gasteiger partial charge in [-0.25, -0.2) is 0 Å². The van der Waals surface area contributed by atoms with Crippen LogP contribution in [-0.4, -0.2) is 34.4 Å². The molecule has 0 radical (unpaired) electrons. The van der Waals surface area contributed by atoms with E-state index in [9.17, 15) is 10.2 Å². The molecule has 1 heterocycles. The van der Waals surface area contributed by atoms with Gasteiger partial charge in [-0.1, -0.05) is 56.3 Å². The lowest BCUT2D eigenvalue weighted by Gasteiger charge is -2.23. The summed E-state index contributed by atoms with van der Waals surface area (Å²) in [6.45, 7) is 9.52. The normalized spacial score (nSPS) is 27.3. The Morgan fingerprint density at radius 2 is 1.85 bits per heavy atom. The third-order valence-electron chi connectivity index (χ3n) is 9.71. The first-order chi connectivity index (χ1) is 18.8. The van der Waals surface area contributed by atoms with Crippen molar-refractivity contribution in [3.63, 3.8) is 0 Å². The maximum absolute atomic E-state index is 9.59. The summed E-state index contributed by atoms with van der Waals surface area (Å²) in [4.78, 5) is 6.17. The van der Waals surface area contributed by atoms with Gasteiger partial charge in [0.15, 0.2) is 6.29 Å². The topological polar surface area (TPSA) is 71.3 Å². The van der Waals surface area contributed by atoms with Crippen LogP contribution in [0, 0.1) is 17.8 Å². The van der Waals surface area contributed by atoms with Gasteiger partial charge < -0.3 is 19.8 Å². The maximum atomic E-state index is 9.59. The number of benzene rings is 2. The number of oxime groups is 1. The van der Waals surface area contributed by atoms with Gasteiger partial charge in [0.2, 0.25) is 0 Å². The van der Waals surface area contributed by atoms with Crippen LogP contribution in [0.15, 0.2) is 41.6 Å². The van der Waals surface area contributed by atoms with E-state index < -0.39 is 6.29 Å². The Morgan fingerprint density at radius 1 is 1.05 bits per heavy atom. The lowest BCUT2D eigenvalue weighted by molar-refractivity contribution is -0.0819. The summed E-state index contributed by atoms with van der Waals surface area (Å²) in [6.07, 6.45) is 8.72. The Bertz CT molecular complexity index is 1160. The predicted molar refractivity (Wildman–Crippen MR) is 157 cm³/mol. The molecule has 212 valence electrons. The van der Waals surface area contributed by atoms with Gasteiger partial charge in [-0.2, -0.15) is 0 Å². The van der Waals surface area contributed by atoms with E-state index in [1.54, 1.807) is 0 Å². The molecule has 0 bridgehead atoms.